The molecule has 0 nitrogen and oxygen atoms in total. The molecule has 0 amide bonds. The number of rotatable bonds is 6. The van der Waals surface area contributed by atoms with Crippen LogP contribution >= 0.6 is 0 Å². The minimum Gasteiger partial charge on any atom is -0.0856 e. The van der Waals surface area contributed by atoms with Gasteiger partial charge in [0.1, 0.15) is 0 Å². The zero-order valence-corrected chi connectivity index (χ0v) is 9.69. The van der Waals surface area contributed by atoms with E-state index in [2.05, 4.69) is 39.8 Å². The smallest absolute Gasteiger partial charge is 0.0345 e. The van der Waals surface area contributed by atoms with Crippen LogP contribution in [0.3, 0.4) is 0 Å². The summed E-state index contributed by atoms with van der Waals surface area (Å²) in [5.41, 5.74) is 3.05. The fourth-order valence-electron chi connectivity index (χ4n) is 1.10. The molecule has 0 atom stereocenters. The van der Waals surface area contributed by atoms with Crippen molar-refractivity contribution < 1.29 is 0 Å². The Labute approximate surface area is 83.7 Å². The molecule has 76 valence electrons. The zero-order chi connectivity index (χ0) is 10.1. The molecule has 0 fully saturated rings. The second-order valence-electron chi connectivity index (χ2n) is 3.74. The average Bonchev–Trinajstić information content (AvgIpc) is 2.16. The van der Waals surface area contributed by atoms with Crippen molar-refractivity contribution in [1.29, 1.82) is 0 Å². The zero-order valence-electron chi connectivity index (χ0n) is 9.69. The first-order valence-corrected chi connectivity index (χ1v) is 5.52. The molecule has 0 aliphatic carbocycles. The lowest BCUT2D eigenvalue weighted by Gasteiger charge is -1.97. The van der Waals surface area contributed by atoms with E-state index in [9.17, 15) is 0 Å². The van der Waals surface area contributed by atoms with E-state index in [1.165, 1.54) is 43.3 Å². The highest BCUT2D eigenvalue weighted by molar-refractivity contribution is 4.99. The molecular formula is C13H24. The van der Waals surface area contributed by atoms with E-state index in [1.54, 1.807) is 0 Å². The first kappa shape index (κ1) is 12.5. The van der Waals surface area contributed by atoms with E-state index in [0.29, 0.717) is 0 Å². The van der Waals surface area contributed by atoms with Gasteiger partial charge < -0.3 is 0 Å². The summed E-state index contributed by atoms with van der Waals surface area (Å²) in [4.78, 5) is 0. The summed E-state index contributed by atoms with van der Waals surface area (Å²) in [5, 5.41) is 0. The largest absolute Gasteiger partial charge is 0.0856 e. The van der Waals surface area contributed by atoms with Crippen molar-refractivity contribution in [2.75, 3.05) is 0 Å². The third-order valence-electron chi connectivity index (χ3n) is 2.51. The highest BCUT2D eigenvalue weighted by Crippen LogP contribution is 2.07. The van der Waals surface area contributed by atoms with Crippen LogP contribution < -0.4 is 0 Å². The molecule has 0 N–H and O–H groups in total. The van der Waals surface area contributed by atoms with Crippen molar-refractivity contribution in [3.05, 3.63) is 23.3 Å². The van der Waals surface area contributed by atoms with Crippen LogP contribution in [0.5, 0.6) is 0 Å². The lowest BCUT2D eigenvalue weighted by Crippen LogP contribution is -1.76. The molecule has 0 bridgehead atoms. The second kappa shape index (κ2) is 8.10. The minimum absolute atomic E-state index is 1.20. The lowest BCUT2D eigenvalue weighted by molar-refractivity contribution is 0.846. The Bertz CT molecular complexity index is 152. The average molecular weight is 180 g/mol. The first-order valence-electron chi connectivity index (χ1n) is 5.52. The standard InChI is InChI=1S/C13H24/c1-5-12(3)10-8-7-9-11-13(4)6-2/h10-11H,5-9H2,1-4H3. The topological polar surface area (TPSA) is 0 Å². The molecule has 0 radical (unpaired) electrons. The monoisotopic (exact) mass is 180 g/mol. The highest BCUT2D eigenvalue weighted by Gasteiger charge is 1.86. The molecule has 0 aromatic carbocycles. The molecule has 0 unspecified atom stereocenters. The summed E-state index contributed by atoms with van der Waals surface area (Å²) in [5.74, 6) is 0. The van der Waals surface area contributed by atoms with E-state index in [0.717, 1.165) is 0 Å². The molecular weight excluding hydrogens is 156 g/mol. The van der Waals surface area contributed by atoms with E-state index in [4.69, 9.17) is 0 Å². The summed E-state index contributed by atoms with van der Waals surface area (Å²) in [6, 6.07) is 0. The maximum atomic E-state index is 2.37. The van der Waals surface area contributed by atoms with Crippen molar-refractivity contribution in [2.45, 2.75) is 59.8 Å². The van der Waals surface area contributed by atoms with Gasteiger partial charge in [-0.3, -0.25) is 0 Å². The molecule has 0 aromatic rings. The number of allylic oxidation sites excluding steroid dienone is 4. The summed E-state index contributed by atoms with van der Waals surface area (Å²) in [6.45, 7) is 8.86. The van der Waals surface area contributed by atoms with Crippen molar-refractivity contribution in [2.24, 2.45) is 0 Å². The Morgan fingerprint density at radius 1 is 0.846 bits per heavy atom. The van der Waals surface area contributed by atoms with Gasteiger partial charge in [-0.2, -0.15) is 0 Å². The van der Waals surface area contributed by atoms with E-state index in [-0.39, 0.29) is 0 Å². The highest BCUT2D eigenvalue weighted by atomic mass is 13.9. The Morgan fingerprint density at radius 3 is 1.54 bits per heavy atom. The number of hydrogen-bond donors (Lipinski definition) is 0. The Morgan fingerprint density at radius 2 is 1.23 bits per heavy atom. The normalized spacial score (nSPS) is 13.5. The van der Waals surface area contributed by atoms with Gasteiger partial charge >= 0.3 is 0 Å². The summed E-state index contributed by atoms with van der Waals surface area (Å²) >= 11 is 0. The van der Waals surface area contributed by atoms with Gasteiger partial charge in [-0.05, 0) is 46.0 Å². The Kier molecular flexibility index (Phi) is 7.77. The van der Waals surface area contributed by atoms with Crippen LogP contribution in [0.2, 0.25) is 0 Å². The molecule has 0 spiro atoms. The second-order valence-corrected chi connectivity index (χ2v) is 3.74. The molecule has 13 heavy (non-hydrogen) atoms. The van der Waals surface area contributed by atoms with Gasteiger partial charge in [-0.25, -0.2) is 0 Å². The van der Waals surface area contributed by atoms with Gasteiger partial charge in [-0.15, -0.1) is 0 Å². The maximum absolute atomic E-state index is 2.37. The predicted molar refractivity (Wildman–Crippen MR) is 61.9 cm³/mol. The third-order valence-corrected chi connectivity index (χ3v) is 2.51. The third kappa shape index (κ3) is 7.83. The molecule has 0 aliphatic heterocycles. The van der Waals surface area contributed by atoms with Crippen LogP contribution in [0.25, 0.3) is 0 Å². The van der Waals surface area contributed by atoms with E-state index >= 15 is 0 Å². The van der Waals surface area contributed by atoms with Gasteiger partial charge in [0.15, 0.2) is 0 Å². The molecule has 0 heterocycles. The number of hydrogen-bond acceptors (Lipinski definition) is 0. The van der Waals surface area contributed by atoms with Crippen LogP contribution in [0, 0.1) is 0 Å². The van der Waals surface area contributed by atoms with Crippen molar-refractivity contribution in [3.8, 4) is 0 Å². The SMILES string of the molecule is CCC(C)=CCCCC=C(C)CC. The quantitative estimate of drug-likeness (QED) is 0.404. The van der Waals surface area contributed by atoms with Gasteiger partial charge in [0, 0.05) is 0 Å². The Balaban J connectivity index is 3.47. The van der Waals surface area contributed by atoms with Gasteiger partial charge in [0.2, 0.25) is 0 Å². The molecule has 0 rings (SSSR count). The van der Waals surface area contributed by atoms with Crippen molar-refractivity contribution in [1.82, 2.24) is 0 Å². The van der Waals surface area contributed by atoms with Crippen LogP contribution in [0.4, 0.5) is 0 Å². The van der Waals surface area contributed by atoms with Crippen LogP contribution in [-0.4, -0.2) is 0 Å². The lowest BCUT2D eigenvalue weighted by atomic mass is 10.1. The van der Waals surface area contributed by atoms with E-state index < -0.39 is 0 Å². The van der Waals surface area contributed by atoms with Crippen molar-refractivity contribution >= 4 is 0 Å². The molecule has 0 aliphatic rings. The van der Waals surface area contributed by atoms with Crippen LogP contribution in [-0.2, 0) is 0 Å². The summed E-state index contributed by atoms with van der Waals surface area (Å²) < 4.78 is 0. The minimum atomic E-state index is 1.20. The van der Waals surface area contributed by atoms with Crippen LogP contribution in [0.15, 0.2) is 23.3 Å². The van der Waals surface area contributed by atoms with Gasteiger partial charge in [0.05, 0.1) is 0 Å². The summed E-state index contributed by atoms with van der Waals surface area (Å²) in [7, 11) is 0. The van der Waals surface area contributed by atoms with Gasteiger partial charge in [0.25, 0.3) is 0 Å². The van der Waals surface area contributed by atoms with E-state index in [1.807, 2.05) is 0 Å². The Hall–Kier alpha value is -0.520. The van der Waals surface area contributed by atoms with Crippen molar-refractivity contribution in [3.63, 3.8) is 0 Å². The van der Waals surface area contributed by atoms with Crippen LogP contribution in [0.1, 0.15) is 59.8 Å². The van der Waals surface area contributed by atoms with Gasteiger partial charge in [-0.1, -0.05) is 37.1 Å². The maximum Gasteiger partial charge on any atom is -0.0345 e. The molecule has 0 aromatic heterocycles. The summed E-state index contributed by atoms with van der Waals surface area (Å²) in [6.07, 6.45) is 10.9. The molecule has 0 saturated heterocycles. The molecule has 0 heteroatoms. The predicted octanol–water partition coefficient (Wildman–Crippen LogP) is 4.87. The molecule has 0 saturated carbocycles. The number of unbranched alkanes of at least 4 members (excludes halogenated alkanes) is 2. The first-order chi connectivity index (χ1) is 6.20. The fraction of sp³-hybridized carbons (Fsp3) is 0.692. The fourth-order valence-corrected chi connectivity index (χ4v) is 1.10.